The van der Waals surface area contributed by atoms with Crippen LogP contribution in [0.4, 0.5) is 5.69 Å². The molecule has 0 fully saturated rings. The van der Waals surface area contributed by atoms with Gasteiger partial charge in [-0.05, 0) is 31.2 Å². The summed E-state index contributed by atoms with van der Waals surface area (Å²) in [5.41, 5.74) is 1.64. The highest BCUT2D eigenvalue weighted by Crippen LogP contribution is 2.15. The fraction of sp³-hybridized carbons (Fsp3) is 0.235. The maximum Gasteiger partial charge on any atom is 0.323 e. The van der Waals surface area contributed by atoms with Crippen LogP contribution in [0.5, 0.6) is 0 Å². The Bertz CT molecular complexity index is 772. The van der Waals surface area contributed by atoms with E-state index in [-0.39, 0.29) is 24.6 Å². The van der Waals surface area contributed by atoms with Crippen LogP contribution in [-0.2, 0) is 19.1 Å². The molecule has 0 bridgehead atoms. The predicted octanol–water partition coefficient (Wildman–Crippen LogP) is 2.29. The fourth-order valence-electron chi connectivity index (χ4n) is 2.13. The molecule has 128 valence electrons. The summed E-state index contributed by atoms with van der Waals surface area (Å²) >= 11 is 0. The van der Waals surface area contributed by atoms with Gasteiger partial charge in [-0.3, -0.25) is 8.98 Å². The molecule has 0 heterocycles. The summed E-state index contributed by atoms with van der Waals surface area (Å²) in [5.74, 6) is -1.000. The van der Waals surface area contributed by atoms with Gasteiger partial charge in [-0.2, -0.15) is 8.42 Å². The molecule has 0 saturated heterocycles. The molecule has 0 radical (unpaired) electrons. The second kappa shape index (κ2) is 7.94. The molecule has 7 heteroatoms. The zero-order chi connectivity index (χ0) is 17.6. The SMILES string of the molecule is Cc1ccc(S(=O)(=O)OCCN(CC(=O)O)c2ccccc2)cc1. The zero-order valence-electron chi connectivity index (χ0n) is 13.3. The third-order valence-corrected chi connectivity index (χ3v) is 4.68. The average Bonchev–Trinajstić information content (AvgIpc) is 2.54. The quantitative estimate of drug-likeness (QED) is 0.736. The third kappa shape index (κ3) is 5.07. The summed E-state index contributed by atoms with van der Waals surface area (Å²) in [4.78, 5) is 12.6. The Kier molecular flexibility index (Phi) is 5.94. The number of hydrogen-bond acceptors (Lipinski definition) is 5. The first-order chi connectivity index (χ1) is 11.4. The molecular formula is C17H19NO5S. The molecule has 2 aromatic carbocycles. The minimum Gasteiger partial charge on any atom is -0.480 e. The minimum absolute atomic E-state index is 0.0811. The van der Waals surface area contributed by atoms with Crippen molar-refractivity contribution in [2.24, 2.45) is 0 Å². The van der Waals surface area contributed by atoms with E-state index in [1.165, 1.54) is 12.1 Å². The lowest BCUT2D eigenvalue weighted by molar-refractivity contribution is -0.135. The van der Waals surface area contributed by atoms with Crippen LogP contribution >= 0.6 is 0 Å². The van der Waals surface area contributed by atoms with Crippen LogP contribution in [0.15, 0.2) is 59.5 Å². The molecule has 0 aromatic heterocycles. The summed E-state index contributed by atoms with van der Waals surface area (Å²) in [6.45, 7) is 1.62. The lowest BCUT2D eigenvalue weighted by Crippen LogP contribution is -2.33. The van der Waals surface area contributed by atoms with Crippen molar-refractivity contribution in [2.75, 3.05) is 24.6 Å². The summed E-state index contributed by atoms with van der Waals surface area (Å²) in [6.07, 6.45) is 0. The van der Waals surface area contributed by atoms with Crippen molar-refractivity contribution >= 4 is 21.8 Å². The molecule has 0 spiro atoms. The number of nitrogens with zero attached hydrogens (tertiary/aromatic N) is 1. The van der Waals surface area contributed by atoms with Gasteiger partial charge in [-0.25, -0.2) is 0 Å². The Hall–Kier alpha value is -2.38. The minimum atomic E-state index is -3.86. The molecular weight excluding hydrogens is 330 g/mol. The van der Waals surface area contributed by atoms with Gasteiger partial charge in [0.25, 0.3) is 10.1 Å². The first kappa shape index (κ1) is 18.0. The summed E-state index contributed by atoms with van der Waals surface area (Å²) < 4.78 is 29.3. The number of anilines is 1. The Morgan fingerprint density at radius 1 is 1.08 bits per heavy atom. The van der Waals surface area contributed by atoms with Gasteiger partial charge < -0.3 is 10.0 Å². The molecule has 0 aliphatic rings. The van der Waals surface area contributed by atoms with Crippen molar-refractivity contribution in [2.45, 2.75) is 11.8 Å². The number of carboxylic acids is 1. The van der Waals surface area contributed by atoms with Crippen LogP contribution in [0.2, 0.25) is 0 Å². The predicted molar refractivity (Wildman–Crippen MR) is 90.6 cm³/mol. The normalized spacial score (nSPS) is 11.2. The summed E-state index contributed by atoms with van der Waals surface area (Å²) in [6, 6.07) is 15.3. The van der Waals surface area contributed by atoms with Crippen LogP contribution in [0, 0.1) is 6.92 Å². The second-order valence-electron chi connectivity index (χ2n) is 5.24. The van der Waals surface area contributed by atoms with Crippen LogP contribution in [0.25, 0.3) is 0 Å². The van der Waals surface area contributed by atoms with Gasteiger partial charge in [0.1, 0.15) is 6.54 Å². The van der Waals surface area contributed by atoms with E-state index in [4.69, 9.17) is 9.29 Å². The summed E-state index contributed by atoms with van der Waals surface area (Å²) in [5, 5.41) is 9.01. The van der Waals surface area contributed by atoms with Crippen molar-refractivity contribution in [3.8, 4) is 0 Å². The zero-order valence-corrected chi connectivity index (χ0v) is 14.1. The van der Waals surface area contributed by atoms with Gasteiger partial charge in [0.15, 0.2) is 0 Å². The Morgan fingerprint density at radius 2 is 1.71 bits per heavy atom. The van der Waals surface area contributed by atoms with E-state index in [0.29, 0.717) is 5.69 Å². The highest BCUT2D eigenvalue weighted by Gasteiger charge is 2.16. The molecule has 1 N–H and O–H groups in total. The molecule has 0 saturated carbocycles. The smallest absolute Gasteiger partial charge is 0.323 e. The van der Waals surface area contributed by atoms with Crippen molar-refractivity contribution in [1.82, 2.24) is 0 Å². The Labute approximate surface area is 141 Å². The van der Waals surface area contributed by atoms with Gasteiger partial charge >= 0.3 is 5.97 Å². The lowest BCUT2D eigenvalue weighted by atomic mass is 10.2. The topological polar surface area (TPSA) is 83.9 Å². The molecule has 0 aliphatic carbocycles. The van der Waals surface area contributed by atoms with Gasteiger partial charge in [0.2, 0.25) is 0 Å². The van der Waals surface area contributed by atoms with Gasteiger partial charge in [0.05, 0.1) is 11.5 Å². The van der Waals surface area contributed by atoms with E-state index < -0.39 is 16.1 Å². The number of hydrogen-bond donors (Lipinski definition) is 1. The third-order valence-electron chi connectivity index (χ3n) is 3.36. The fourth-order valence-corrected chi connectivity index (χ4v) is 3.03. The van der Waals surface area contributed by atoms with Crippen LogP contribution in [-0.4, -0.2) is 39.2 Å². The number of aryl methyl sites for hydroxylation is 1. The number of benzene rings is 2. The van der Waals surface area contributed by atoms with E-state index in [1.54, 1.807) is 41.3 Å². The molecule has 6 nitrogen and oxygen atoms in total. The highest BCUT2D eigenvalue weighted by molar-refractivity contribution is 7.86. The van der Waals surface area contributed by atoms with E-state index in [9.17, 15) is 13.2 Å². The number of rotatable bonds is 8. The lowest BCUT2D eigenvalue weighted by Gasteiger charge is -2.22. The largest absolute Gasteiger partial charge is 0.480 e. The Morgan fingerprint density at radius 3 is 2.29 bits per heavy atom. The van der Waals surface area contributed by atoms with Gasteiger partial charge in [-0.1, -0.05) is 35.9 Å². The Balaban J connectivity index is 2.01. The van der Waals surface area contributed by atoms with Gasteiger partial charge in [-0.15, -0.1) is 0 Å². The van der Waals surface area contributed by atoms with E-state index in [0.717, 1.165) is 5.56 Å². The van der Waals surface area contributed by atoms with Gasteiger partial charge in [0, 0.05) is 12.2 Å². The van der Waals surface area contributed by atoms with E-state index in [2.05, 4.69) is 0 Å². The molecule has 0 atom stereocenters. The van der Waals surface area contributed by atoms with E-state index in [1.807, 2.05) is 13.0 Å². The maximum atomic E-state index is 12.1. The second-order valence-corrected chi connectivity index (χ2v) is 6.86. The standard InChI is InChI=1S/C17H19NO5S/c1-14-7-9-16(10-8-14)24(21,22)23-12-11-18(13-17(19)20)15-5-3-2-4-6-15/h2-10H,11-13H2,1H3,(H,19,20). The van der Waals surface area contributed by atoms with Crippen LogP contribution in [0.3, 0.4) is 0 Å². The summed E-state index contributed by atoms with van der Waals surface area (Å²) in [7, 11) is -3.86. The molecule has 0 aliphatic heterocycles. The molecule has 0 amide bonds. The monoisotopic (exact) mass is 349 g/mol. The maximum absolute atomic E-state index is 12.1. The molecule has 24 heavy (non-hydrogen) atoms. The number of carbonyl (C=O) groups is 1. The van der Waals surface area contributed by atoms with Crippen molar-refractivity contribution in [3.05, 3.63) is 60.2 Å². The first-order valence-corrected chi connectivity index (χ1v) is 8.77. The molecule has 2 rings (SSSR count). The van der Waals surface area contributed by atoms with Crippen molar-refractivity contribution < 1.29 is 22.5 Å². The van der Waals surface area contributed by atoms with Crippen LogP contribution < -0.4 is 4.90 Å². The van der Waals surface area contributed by atoms with Crippen molar-refractivity contribution in [1.29, 1.82) is 0 Å². The first-order valence-electron chi connectivity index (χ1n) is 7.36. The number of carboxylic acid groups (broad SMARTS) is 1. The average molecular weight is 349 g/mol. The van der Waals surface area contributed by atoms with Crippen LogP contribution in [0.1, 0.15) is 5.56 Å². The number of para-hydroxylation sites is 1. The van der Waals surface area contributed by atoms with Crippen molar-refractivity contribution in [3.63, 3.8) is 0 Å². The molecule has 0 unspecified atom stereocenters. The van der Waals surface area contributed by atoms with E-state index >= 15 is 0 Å². The highest BCUT2D eigenvalue weighted by atomic mass is 32.2. The molecule has 2 aromatic rings. The number of aliphatic carboxylic acids is 1.